The molecular formula is C28H24ClN3O2. The van der Waals surface area contributed by atoms with Crippen LogP contribution >= 0.6 is 11.6 Å². The van der Waals surface area contributed by atoms with E-state index in [-0.39, 0.29) is 11.7 Å². The Balaban J connectivity index is 1.69. The fourth-order valence-corrected chi connectivity index (χ4v) is 4.92. The Morgan fingerprint density at radius 3 is 2.35 bits per heavy atom. The van der Waals surface area contributed by atoms with Gasteiger partial charge in [-0.25, -0.2) is 0 Å². The molecule has 0 saturated carbocycles. The smallest absolute Gasteiger partial charge is 0.254 e. The van der Waals surface area contributed by atoms with Gasteiger partial charge < -0.3 is 15.5 Å². The van der Waals surface area contributed by atoms with Crippen molar-refractivity contribution in [1.82, 2.24) is 10.2 Å². The molecule has 34 heavy (non-hydrogen) atoms. The molecule has 1 unspecified atom stereocenters. The van der Waals surface area contributed by atoms with Gasteiger partial charge in [-0.05, 0) is 36.8 Å². The van der Waals surface area contributed by atoms with Crippen LogP contribution in [-0.4, -0.2) is 29.7 Å². The number of para-hydroxylation sites is 1. The van der Waals surface area contributed by atoms with E-state index in [0.717, 1.165) is 17.1 Å². The summed E-state index contributed by atoms with van der Waals surface area (Å²) in [7, 11) is 0. The molecule has 170 valence electrons. The summed E-state index contributed by atoms with van der Waals surface area (Å²) in [5.41, 5.74) is 3.98. The average molecular weight is 470 g/mol. The zero-order valence-electron chi connectivity index (χ0n) is 18.7. The number of carbonyl (C=O) groups is 2. The van der Waals surface area contributed by atoms with Gasteiger partial charge in [0.15, 0.2) is 5.78 Å². The SMILES string of the molecule is CC1=C(C(=O)Nc2ccccc2)C(c2cccc(Cl)c2)C(C(=O)c2ccccc2)=C2NCCN12. The van der Waals surface area contributed by atoms with Crippen LogP contribution < -0.4 is 10.6 Å². The molecule has 1 fully saturated rings. The van der Waals surface area contributed by atoms with Crippen LogP contribution in [0.5, 0.6) is 0 Å². The van der Waals surface area contributed by atoms with E-state index in [1.165, 1.54) is 0 Å². The van der Waals surface area contributed by atoms with Gasteiger partial charge in [0.25, 0.3) is 5.91 Å². The summed E-state index contributed by atoms with van der Waals surface area (Å²) < 4.78 is 0. The number of fused-ring (bicyclic) bond motifs is 1. The van der Waals surface area contributed by atoms with Crippen molar-refractivity contribution in [2.24, 2.45) is 0 Å². The van der Waals surface area contributed by atoms with Crippen LogP contribution in [0.1, 0.15) is 28.8 Å². The third-order valence-electron chi connectivity index (χ3n) is 6.26. The lowest BCUT2D eigenvalue weighted by atomic mass is 9.77. The minimum atomic E-state index is -0.577. The number of amides is 1. The summed E-state index contributed by atoms with van der Waals surface area (Å²) in [6.45, 7) is 3.30. The van der Waals surface area contributed by atoms with Gasteiger partial charge in [0.05, 0.1) is 5.57 Å². The Bertz CT molecular complexity index is 1320. The van der Waals surface area contributed by atoms with E-state index in [1.54, 1.807) is 18.2 Å². The van der Waals surface area contributed by atoms with Crippen molar-refractivity contribution < 1.29 is 9.59 Å². The number of hydrogen-bond donors (Lipinski definition) is 2. The van der Waals surface area contributed by atoms with Crippen molar-refractivity contribution in [2.75, 3.05) is 18.4 Å². The number of Topliss-reactive ketones (excluding diaryl/α,β-unsaturated/α-hetero) is 1. The number of halogens is 1. The Kier molecular flexibility index (Phi) is 5.95. The molecule has 0 aliphatic carbocycles. The number of allylic oxidation sites excluding steroid dienone is 2. The highest BCUT2D eigenvalue weighted by molar-refractivity contribution is 6.30. The highest BCUT2D eigenvalue weighted by atomic mass is 35.5. The van der Waals surface area contributed by atoms with Gasteiger partial charge in [-0.3, -0.25) is 9.59 Å². The zero-order valence-corrected chi connectivity index (χ0v) is 19.5. The lowest BCUT2D eigenvalue weighted by Crippen LogP contribution is -2.36. The van der Waals surface area contributed by atoms with Crippen LogP contribution in [0.2, 0.25) is 5.02 Å². The molecule has 0 spiro atoms. The van der Waals surface area contributed by atoms with E-state index in [9.17, 15) is 9.59 Å². The van der Waals surface area contributed by atoms with Gasteiger partial charge in [-0.15, -0.1) is 0 Å². The quantitative estimate of drug-likeness (QED) is 0.494. The van der Waals surface area contributed by atoms with Crippen molar-refractivity contribution in [3.8, 4) is 0 Å². The minimum Gasteiger partial charge on any atom is -0.369 e. The first-order valence-corrected chi connectivity index (χ1v) is 11.6. The Labute approximate surface area is 203 Å². The molecule has 1 atom stereocenters. The second-order valence-corrected chi connectivity index (χ2v) is 8.78. The summed E-state index contributed by atoms with van der Waals surface area (Å²) >= 11 is 6.37. The topological polar surface area (TPSA) is 61.4 Å². The molecule has 6 heteroatoms. The fourth-order valence-electron chi connectivity index (χ4n) is 4.72. The van der Waals surface area contributed by atoms with E-state index >= 15 is 0 Å². The molecule has 3 aromatic carbocycles. The number of rotatable bonds is 5. The average Bonchev–Trinajstić information content (AvgIpc) is 3.35. The highest BCUT2D eigenvalue weighted by Gasteiger charge is 2.42. The van der Waals surface area contributed by atoms with E-state index in [4.69, 9.17) is 11.6 Å². The molecule has 0 radical (unpaired) electrons. The number of hydrogen-bond acceptors (Lipinski definition) is 4. The molecule has 1 saturated heterocycles. The maximum Gasteiger partial charge on any atom is 0.254 e. The van der Waals surface area contributed by atoms with Crippen molar-refractivity contribution in [3.05, 3.63) is 124 Å². The molecule has 2 aliphatic rings. The summed E-state index contributed by atoms with van der Waals surface area (Å²) in [6, 6.07) is 25.9. The van der Waals surface area contributed by atoms with E-state index in [2.05, 4.69) is 10.6 Å². The molecule has 1 amide bonds. The van der Waals surface area contributed by atoms with E-state index in [1.807, 2.05) is 78.6 Å². The number of nitrogens with one attached hydrogen (secondary N) is 2. The molecule has 5 rings (SSSR count). The van der Waals surface area contributed by atoms with E-state index in [0.29, 0.717) is 40.5 Å². The maximum atomic E-state index is 13.9. The zero-order chi connectivity index (χ0) is 23.7. The lowest BCUT2D eigenvalue weighted by Gasteiger charge is -2.35. The summed E-state index contributed by atoms with van der Waals surface area (Å²) in [5, 5.41) is 6.98. The predicted molar refractivity (Wildman–Crippen MR) is 134 cm³/mol. The van der Waals surface area contributed by atoms with Gasteiger partial charge in [-0.1, -0.05) is 72.3 Å². The second-order valence-electron chi connectivity index (χ2n) is 8.34. The minimum absolute atomic E-state index is 0.113. The predicted octanol–water partition coefficient (Wildman–Crippen LogP) is 5.35. The normalized spacial score (nSPS) is 17.4. The van der Waals surface area contributed by atoms with Crippen LogP contribution in [0.3, 0.4) is 0 Å². The number of carbonyl (C=O) groups excluding carboxylic acids is 2. The first-order valence-electron chi connectivity index (χ1n) is 11.2. The van der Waals surface area contributed by atoms with E-state index < -0.39 is 5.92 Å². The van der Waals surface area contributed by atoms with Gasteiger partial charge in [0.1, 0.15) is 5.82 Å². The summed E-state index contributed by atoms with van der Waals surface area (Å²) in [5.74, 6) is -0.171. The standard InChI is InChI=1S/C28H24ClN3O2/c1-18-23(28(34)31-22-13-6-3-7-14-22)24(20-11-8-12-21(29)17-20)25(27-30-15-16-32(18)27)26(33)19-9-4-2-5-10-19/h2-14,17,24,30H,15-16H2,1H3,(H,31,34). The molecule has 5 nitrogen and oxygen atoms in total. The molecule has 2 aliphatic heterocycles. The van der Waals surface area contributed by atoms with Crippen molar-refractivity contribution in [1.29, 1.82) is 0 Å². The van der Waals surface area contributed by atoms with Gasteiger partial charge in [0.2, 0.25) is 0 Å². The maximum absolute atomic E-state index is 13.9. The van der Waals surface area contributed by atoms with Crippen molar-refractivity contribution in [3.63, 3.8) is 0 Å². The van der Waals surface area contributed by atoms with Gasteiger partial charge >= 0.3 is 0 Å². The third kappa shape index (κ3) is 3.99. The first-order chi connectivity index (χ1) is 16.5. The Morgan fingerprint density at radius 1 is 0.941 bits per heavy atom. The van der Waals surface area contributed by atoms with Crippen LogP contribution in [0.25, 0.3) is 0 Å². The Morgan fingerprint density at radius 2 is 1.65 bits per heavy atom. The second kappa shape index (κ2) is 9.20. The summed E-state index contributed by atoms with van der Waals surface area (Å²) in [4.78, 5) is 29.7. The summed E-state index contributed by atoms with van der Waals surface area (Å²) in [6.07, 6.45) is 0. The highest BCUT2D eigenvalue weighted by Crippen LogP contribution is 2.44. The monoisotopic (exact) mass is 469 g/mol. The molecule has 0 bridgehead atoms. The Hall–Kier alpha value is -3.83. The third-order valence-corrected chi connectivity index (χ3v) is 6.50. The molecule has 0 aromatic heterocycles. The molecule has 3 aromatic rings. The largest absolute Gasteiger partial charge is 0.369 e. The number of nitrogens with zero attached hydrogens (tertiary/aromatic N) is 1. The number of ketones is 1. The van der Waals surface area contributed by atoms with Gasteiger partial charge in [0, 0.05) is 46.6 Å². The van der Waals surface area contributed by atoms with Crippen LogP contribution in [0, 0.1) is 0 Å². The van der Waals surface area contributed by atoms with Crippen LogP contribution in [0.4, 0.5) is 5.69 Å². The van der Waals surface area contributed by atoms with Crippen molar-refractivity contribution >= 4 is 29.0 Å². The molecule has 2 heterocycles. The first kappa shape index (κ1) is 22.0. The molecular weight excluding hydrogens is 446 g/mol. The van der Waals surface area contributed by atoms with Crippen LogP contribution in [0.15, 0.2) is 108 Å². The fraction of sp³-hybridized carbons (Fsp3) is 0.143. The van der Waals surface area contributed by atoms with Gasteiger partial charge in [-0.2, -0.15) is 0 Å². The molecule has 2 N–H and O–H groups in total. The number of anilines is 1. The lowest BCUT2D eigenvalue weighted by molar-refractivity contribution is -0.113. The number of benzene rings is 3. The van der Waals surface area contributed by atoms with Crippen LogP contribution in [-0.2, 0) is 4.79 Å². The van der Waals surface area contributed by atoms with Crippen molar-refractivity contribution in [2.45, 2.75) is 12.8 Å².